The smallest absolute Gasteiger partial charge is 0.125 e. The van der Waals surface area contributed by atoms with Crippen LogP contribution in [-0.4, -0.2) is 16.3 Å². The summed E-state index contributed by atoms with van der Waals surface area (Å²) in [5, 5.41) is 0. The lowest BCUT2D eigenvalue weighted by Crippen LogP contribution is -2.15. The molecule has 4 nitrogen and oxygen atoms in total. The van der Waals surface area contributed by atoms with Crippen molar-refractivity contribution in [2.45, 2.75) is 33.2 Å². The Hall–Kier alpha value is -2.49. The molecule has 0 aliphatic carbocycles. The number of unbranched alkanes of at least 4 members (excludes halogenated alkanes) is 1. The van der Waals surface area contributed by atoms with Crippen LogP contribution in [0.5, 0.6) is 5.75 Å². The lowest BCUT2D eigenvalue weighted by atomic mass is 10.2. The van der Waals surface area contributed by atoms with Crippen molar-refractivity contribution in [1.29, 1.82) is 0 Å². The predicted molar refractivity (Wildman–Crippen MR) is 94.4 cm³/mol. The van der Waals surface area contributed by atoms with Gasteiger partial charge in [0.15, 0.2) is 0 Å². The summed E-state index contributed by atoms with van der Waals surface area (Å²) in [4.78, 5) is 4.57. The topological polar surface area (TPSA) is 39.1 Å². The van der Waals surface area contributed by atoms with Crippen LogP contribution < -0.4 is 10.2 Å². The molecule has 0 saturated heterocycles. The zero-order valence-electron chi connectivity index (χ0n) is 13.7. The van der Waals surface area contributed by atoms with Gasteiger partial charge in [0.2, 0.25) is 0 Å². The van der Waals surface area contributed by atoms with Crippen molar-refractivity contribution >= 4 is 11.0 Å². The van der Waals surface area contributed by atoms with Gasteiger partial charge < -0.3 is 10.2 Å². The average molecular weight is 309 g/mol. The number of benzene rings is 2. The summed E-state index contributed by atoms with van der Waals surface area (Å²) < 4.78 is 7.81. The number of nitrogens with one attached hydrogen (secondary N) is 1. The number of hydrogen-bond donors (Lipinski definition) is 1. The van der Waals surface area contributed by atoms with Crippen LogP contribution >= 0.6 is 0 Å². The predicted octanol–water partition coefficient (Wildman–Crippen LogP) is 4.27. The maximum atomic E-state index is 5.77. The van der Waals surface area contributed by atoms with Crippen molar-refractivity contribution in [3.8, 4) is 5.75 Å². The lowest BCUT2D eigenvalue weighted by Gasteiger charge is -2.12. The summed E-state index contributed by atoms with van der Waals surface area (Å²) in [6, 6.07) is 16.4. The number of aromatic nitrogens is 2. The number of fused-ring (bicyclic) bond motifs is 1. The molecule has 1 heterocycles. The van der Waals surface area contributed by atoms with Crippen molar-refractivity contribution < 1.29 is 4.74 Å². The van der Waals surface area contributed by atoms with E-state index in [9.17, 15) is 0 Å². The standard InChI is InChI=1S/C19H23N3O/c1-3-4-12-23-17-9-7-8-16(13-17)14-20-22-15(2)21-18-10-5-6-11-19(18)22/h5-11,13,20H,3-4,12,14H2,1-2H3. The SMILES string of the molecule is CCCCOc1cccc(CNn2c(C)nc3ccccc32)c1. The molecule has 0 bridgehead atoms. The Morgan fingerprint density at radius 3 is 2.87 bits per heavy atom. The van der Waals surface area contributed by atoms with Gasteiger partial charge in [0.1, 0.15) is 11.6 Å². The molecule has 2 aromatic carbocycles. The summed E-state index contributed by atoms with van der Waals surface area (Å²) in [7, 11) is 0. The van der Waals surface area contributed by atoms with E-state index in [-0.39, 0.29) is 0 Å². The first kappa shape index (κ1) is 15.4. The van der Waals surface area contributed by atoms with E-state index in [1.54, 1.807) is 0 Å². The van der Waals surface area contributed by atoms with Gasteiger partial charge in [-0.2, -0.15) is 0 Å². The highest BCUT2D eigenvalue weighted by molar-refractivity contribution is 5.76. The molecule has 0 amide bonds. The zero-order valence-corrected chi connectivity index (χ0v) is 13.7. The minimum atomic E-state index is 0.728. The summed E-state index contributed by atoms with van der Waals surface area (Å²) in [5.74, 6) is 1.89. The first-order valence-corrected chi connectivity index (χ1v) is 8.17. The number of rotatable bonds is 7. The van der Waals surface area contributed by atoms with Gasteiger partial charge in [0.25, 0.3) is 0 Å². The Balaban J connectivity index is 1.70. The van der Waals surface area contributed by atoms with Crippen LogP contribution in [0.3, 0.4) is 0 Å². The maximum absolute atomic E-state index is 5.77. The van der Waals surface area contributed by atoms with Crippen molar-refractivity contribution in [2.24, 2.45) is 0 Å². The second-order valence-corrected chi connectivity index (χ2v) is 5.67. The van der Waals surface area contributed by atoms with Crippen LogP contribution in [0.2, 0.25) is 0 Å². The Kier molecular flexibility index (Phi) is 4.81. The summed E-state index contributed by atoms with van der Waals surface area (Å²) >= 11 is 0. The first-order chi connectivity index (χ1) is 11.3. The van der Waals surface area contributed by atoms with E-state index in [1.165, 1.54) is 5.56 Å². The highest BCUT2D eigenvalue weighted by Gasteiger charge is 2.06. The van der Waals surface area contributed by atoms with Crippen LogP contribution in [-0.2, 0) is 6.54 Å². The Bertz CT molecular complexity index is 779. The number of para-hydroxylation sites is 2. The number of nitrogens with zero attached hydrogens (tertiary/aromatic N) is 2. The third kappa shape index (κ3) is 3.65. The summed E-state index contributed by atoms with van der Waals surface area (Å²) in [6.45, 7) is 5.68. The van der Waals surface area contributed by atoms with E-state index in [0.29, 0.717) is 0 Å². The molecule has 0 radical (unpaired) electrons. The quantitative estimate of drug-likeness (QED) is 0.663. The van der Waals surface area contributed by atoms with Crippen molar-refractivity contribution in [3.63, 3.8) is 0 Å². The van der Waals surface area contributed by atoms with Gasteiger partial charge in [-0.25, -0.2) is 9.66 Å². The fraction of sp³-hybridized carbons (Fsp3) is 0.316. The Morgan fingerprint density at radius 2 is 2.00 bits per heavy atom. The van der Waals surface area contributed by atoms with Gasteiger partial charge >= 0.3 is 0 Å². The summed E-state index contributed by atoms with van der Waals surface area (Å²) in [5.41, 5.74) is 6.74. The van der Waals surface area contributed by atoms with Gasteiger partial charge in [-0.15, -0.1) is 0 Å². The summed E-state index contributed by atoms with van der Waals surface area (Å²) in [6.07, 6.45) is 2.23. The first-order valence-electron chi connectivity index (χ1n) is 8.17. The van der Waals surface area contributed by atoms with Crippen LogP contribution in [0.25, 0.3) is 11.0 Å². The van der Waals surface area contributed by atoms with E-state index < -0.39 is 0 Å². The number of hydrogen-bond acceptors (Lipinski definition) is 3. The van der Waals surface area contributed by atoms with Gasteiger partial charge in [-0.1, -0.05) is 37.6 Å². The third-order valence-corrected chi connectivity index (χ3v) is 3.83. The molecule has 3 rings (SSSR count). The van der Waals surface area contributed by atoms with Crippen molar-refractivity contribution in [2.75, 3.05) is 12.0 Å². The molecule has 120 valence electrons. The molecule has 0 unspecified atom stereocenters. The minimum absolute atomic E-state index is 0.728. The normalized spacial score (nSPS) is 10.9. The number of aryl methyl sites for hydroxylation is 1. The maximum Gasteiger partial charge on any atom is 0.125 e. The minimum Gasteiger partial charge on any atom is -0.494 e. The van der Waals surface area contributed by atoms with Gasteiger partial charge in [-0.3, -0.25) is 0 Å². The van der Waals surface area contributed by atoms with E-state index in [4.69, 9.17) is 4.74 Å². The van der Waals surface area contributed by atoms with E-state index >= 15 is 0 Å². The largest absolute Gasteiger partial charge is 0.494 e. The Morgan fingerprint density at radius 1 is 1.13 bits per heavy atom. The zero-order chi connectivity index (χ0) is 16.1. The molecule has 4 heteroatoms. The lowest BCUT2D eigenvalue weighted by molar-refractivity contribution is 0.309. The molecule has 0 fully saturated rings. The van der Waals surface area contributed by atoms with Gasteiger partial charge in [0, 0.05) is 0 Å². The van der Waals surface area contributed by atoms with E-state index in [0.717, 1.165) is 48.6 Å². The second kappa shape index (κ2) is 7.18. The molecule has 0 spiro atoms. The molecule has 1 N–H and O–H groups in total. The molecule has 1 aromatic heterocycles. The molecule has 0 aliphatic heterocycles. The van der Waals surface area contributed by atoms with Crippen LogP contribution in [0, 0.1) is 6.92 Å². The van der Waals surface area contributed by atoms with Crippen molar-refractivity contribution in [1.82, 2.24) is 9.66 Å². The highest BCUT2D eigenvalue weighted by Crippen LogP contribution is 2.16. The average Bonchev–Trinajstić information content (AvgIpc) is 2.89. The Labute approximate surface area is 137 Å². The number of imidazole rings is 1. The fourth-order valence-corrected chi connectivity index (χ4v) is 2.60. The van der Waals surface area contributed by atoms with Crippen molar-refractivity contribution in [3.05, 3.63) is 59.9 Å². The third-order valence-electron chi connectivity index (χ3n) is 3.83. The molecular weight excluding hydrogens is 286 g/mol. The molecule has 0 aliphatic rings. The van der Waals surface area contributed by atoms with Crippen LogP contribution in [0.15, 0.2) is 48.5 Å². The molecule has 0 saturated carbocycles. The van der Waals surface area contributed by atoms with Crippen LogP contribution in [0.1, 0.15) is 31.2 Å². The highest BCUT2D eigenvalue weighted by atomic mass is 16.5. The molecular formula is C19H23N3O. The van der Waals surface area contributed by atoms with Gasteiger partial charge in [-0.05, 0) is 43.2 Å². The monoisotopic (exact) mass is 309 g/mol. The molecule has 3 aromatic rings. The van der Waals surface area contributed by atoms with Crippen LogP contribution in [0.4, 0.5) is 0 Å². The number of ether oxygens (including phenoxy) is 1. The van der Waals surface area contributed by atoms with E-state index in [1.807, 2.05) is 41.9 Å². The fourth-order valence-electron chi connectivity index (χ4n) is 2.60. The van der Waals surface area contributed by atoms with E-state index in [2.05, 4.69) is 35.5 Å². The van der Waals surface area contributed by atoms with Gasteiger partial charge in [0.05, 0.1) is 24.2 Å². The second-order valence-electron chi connectivity index (χ2n) is 5.67. The molecule has 23 heavy (non-hydrogen) atoms. The molecule has 0 atom stereocenters.